The normalized spacial score (nSPS) is 19.1. The van der Waals surface area contributed by atoms with Crippen LogP contribution in [0.25, 0.3) is 5.69 Å². The van der Waals surface area contributed by atoms with Gasteiger partial charge in [-0.3, -0.25) is 4.57 Å². The number of imidazole rings is 1. The highest BCUT2D eigenvalue weighted by Crippen LogP contribution is 2.14. The molecule has 1 aromatic heterocycles. The highest BCUT2D eigenvalue weighted by molar-refractivity contribution is 5.35. The van der Waals surface area contributed by atoms with E-state index in [-0.39, 0.29) is 5.69 Å². The first-order valence-electron chi connectivity index (χ1n) is 7.31. The molecule has 0 radical (unpaired) electrons. The maximum atomic E-state index is 11.9. The SMILES string of the molecule is Cn1ccn(-c2ccc(CC3CCCCN3)cc2)c1=O. The van der Waals surface area contributed by atoms with Crippen LogP contribution in [0.4, 0.5) is 0 Å². The topological polar surface area (TPSA) is 39.0 Å². The van der Waals surface area contributed by atoms with Crippen LogP contribution < -0.4 is 11.0 Å². The van der Waals surface area contributed by atoms with Crippen LogP contribution in [-0.2, 0) is 13.5 Å². The second kappa shape index (κ2) is 5.67. The maximum absolute atomic E-state index is 11.9. The summed E-state index contributed by atoms with van der Waals surface area (Å²) in [5.41, 5.74) is 2.25. The fraction of sp³-hybridized carbons (Fsp3) is 0.438. The molecule has 0 spiro atoms. The van der Waals surface area contributed by atoms with Crippen molar-refractivity contribution in [2.24, 2.45) is 7.05 Å². The summed E-state index contributed by atoms with van der Waals surface area (Å²) >= 11 is 0. The van der Waals surface area contributed by atoms with Gasteiger partial charge in [0, 0.05) is 25.5 Å². The zero-order valence-electron chi connectivity index (χ0n) is 11.9. The molecule has 1 atom stereocenters. The third-order valence-electron chi connectivity index (χ3n) is 4.06. The van der Waals surface area contributed by atoms with Gasteiger partial charge in [0.05, 0.1) is 5.69 Å². The lowest BCUT2D eigenvalue weighted by Crippen LogP contribution is -2.35. The van der Waals surface area contributed by atoms with Crippen LogP contribution in [0.15, 0.2) is 41.5 Å². The highest BCUT2D eigenvalue weighted by Gasteiger charge is 2.13. The third-order valence-corrected chi connectivity index (χ3v) is 4.06. The van der Waals surface area contributed by atoms with Gasteiger partial charge in [-0.25, -0.2) is 4.79 Å². The average Bonchev–Trinajstić information content (AvgIpc) is 2.81. The van der Waals surface area contributed by atoms with Crippen LogP contribution in [0, 0.1) is 0 Å². The summed E-state index contributed by atoms with van der Waals surface area (Å²) in [6, 6.07) is 8.92. The molecule has 0 aliphatic carbocycles. The molecule has 0 bridgehead atoms. The van der Waals surface area contributed by atoms with Crippen LogP contribution in [0.3, 0.4) is 0 Å². The van der Waals surface area contributed by atoms with E-state index in [1.165, 1.54) is 24.8 Å². The molecule has 0 amide bonds. The van der Waals surface area contributed by atoms with Crippen molar-refractivity contribution >= 4 is 0 Å². The minimum Gasteiger partial charge on any atom is -0.314 e. The van der Waals surface area contributed by atoms with E-state index in [1.54, 1.807) is 28.6 Å². The van der Waals surface area contributed by atoms with Gasteiger partial charge >= 0.3 is 5.69 Å². The number of rotatable bonds is 3. The Morgan fingerprint density at radius 1 is 1.20 bits per heavy atom. The molecule has 20 heavy (non-hydrogen) atoms. The summed E-state index contributed by atoms with van der Waals surface area (Å²) in [5, 5.41) is 3.57. The van der Waals surface area contributed by atoms with Crippen LogP contribution in [0.5, 0.6) is 0 Å². The number of aromatic nitrogens is 2. The molecule has 1 aliphatic heterocycles. The first-order chi connectivity index (χ1) is 9.74. The van der Waals surface area contributed by atoms with Gasteiger partial charge in [0.1, 0.15) is 0 Å². The Kier molecular flexibility index (Phi) is 3.74. The molecule has 4 heteroatoms. The lowest BCUT2D eigenvalue weighted by atomic mass is 9.98. The van der Waals surface area contributed by atoms with Gasteiger partial charge in [0.2, 0.25) is 0 Å². The molecular weight excluding hydrogens is 250 g/mol. The van der Waals surface area contributed by atoms with Crippen molar-refractivity contribution in [3.8, 4) is 5.69 Å². The standard InChI is InChI=1S/C16H21N3O/c1-18-10-11-19(16(18)20)15-7-5-13(6-8-15)12-14-4-2-3-9-17-14/h5-8,10-11,14,17H,2-4,9,12H2,1H3. The van der Waals surface area contributed by atoms with E-state index in [1.807, 2.05) is 12.1 Å². The maximum Gasteiger partial charge on any atom is 0.332 e. The lowest BCUT2D eigenvalue weighted by Gasteiger charge is -2.23. The molecule has 0 saturated carbocycles. The highest BCUT2D eigenvalue weighted by atomic mass is 16.1. The first kappa shape index (κ1) is 13.2. The van der Waals surface area contributed by atoms with Crippen LogP contribution >= 0.6 is 0 Å². The number of aryl methyl sites for hydroxylation is 1. The second-order valence-electron chi connectivity index (χ2n) is 5.58. The third kappa shape index (κ3) is 2.70. The Hall–Kier alpha value is -1.81. The van der Waals surface area contributed by atoms with Gasteiger partial charge in [-0.1, -0.05) is 18.6 Å². The average molecular weight is 271 g/mol. The van der Waals surface area contributed by atoms with E-state index in [0.29, 0.717) is 6.04 Å². The summed E-state index contributed by atoms with van der Waals surface area (Å²) in [7, 11) is 1.77. The second-order valence-corrected chi connectivity index (χ2v) is 5.58. The van der Waals surface area contributed by atoms with Gasteiger partial charge in [-0.05, 0) is 43.5 Å². The van der Waals surface area contributed by atoms with Crippen molar-refractivity contribution in [1.29, 1.82) is 0 Å². The summed E-state index contributed by atoms with van der Waals surface area (Å²) < 4.78 is 3.25. The molecule has 1 fully saturated rings. The predicted octanol–water partition coefficient (Wildman–Crippen LogP) is 1.86. The predicted molar refractivity (Wildman–Crippen MR) is 80.4 cm³/mol. The summed E-state index contributed by atoms with van der Waals surface area (Å²) in [6.07, 6.45) is 8.55. The largest absolute Gasteiger partial charge is 0.332 e. The fourth-order valence-electron chi connectivity index (χ4n) is 2.84. The lowest BCUT2D eigenvalue weighted by molar-refractivity contribution is 0.399. The Balaban J connectivity index is 1.74. The van der Waals surface area contributed by atoms with Gasteiger partial charge in [0.25, 0.3) is 0 Å². The van der Waals surface area contributed by atoms with Crippen LogP contribution in [0.1, 0.15) is 24.8 Å². The van der Waals surface area contributed by atoms with Crippen molar-refractivity contribution < 1.29 is 0 Å². The van der Waals surface area contributed by atoms with Crippen molar-refractivity contribution in [2.45, 2.75) is 31.7 Å². The molecule has 1 unspecified atom stereocenters. The van der Waals surface area contributed by atoms with Gasteiger partial charge < -0.3 is 9.88 Å². The van der Waals surface area contributed by atoms with E-state index in [0.717, 1.165) is 18.7 Å². The van der Waals surface area contributed by atoms with Crippen molar-refractivity contribution in [3.05, 3.63) is 52.7 Å². The smallest absolute Gasteiger partial charge is 0.314 e. The Bertz CT molecular complexity index is 618. The number of benzene rings is 1. The molecule has 4 nitrogen and oxygen atoms in total. The zero-order chi connectivity index (χ0) is 13.9. The summed E-state index contributed by atoms with van der Waals surface area (Å²) in [4.78, 5) is 11.9. The molecule has 3 rings (SSSR count). The number of hydrogen-bond donors (Lipinski definition) is 1. The van der Waals surface area contributed by atoms with Crippen molar-refractivity contribution in [2.75, 3.05) is 6.54 Å². The summed E-state index contributed by atoms with van der Waals surface area (Å²) in [6.45, 7) is 1.14. The molecular formula is C16H21N3O. The number of nitrogens with zero attached hydrogens (tertiary/aromatic N) is 2. The fourth-order valence-corrected chi connectivity index (χ4v) is 2.84. The molecule has 106 valence electrons. The summed E-state index contributed by atoms with van der Waals surface area (Å²) in [5.74, 6) is 0. The van der Waals surface area contributed by atoms with E-state index in [4.69, 9.17) is 0 Å². The van der Waals surface area contributed by atoms with E-state index >= 15 is 0 Å². The number of piperidine rings is 1. The number of hydrogen-bond acceptors (Lipinski definition) is 2. The minimum absolute atomic E-state index is 0.00769. The van der Waals surface area contributed by atoms with Gasteiger partial charge in [0.15, 0.2) is 0 Å². The van der Waals surface area contributed by atoms with Gasteiger partial charge in [-0.15, -0.1) is 0 Å². The van der Waals surface area contributed by atoms with Crippen molar-refractivity contribution in [1.82, 2.24) is 14.5 Å². The Morgan fingerprint density at radius 3 is 2.60 bits per heavy atom. The quantitative estimate of drug-likeness (QED) is 0.925. The Labute approximate surface area is 119 Å². The first-order valence-corrected chi connectivity index (χ1v) is 7.31. The molecule has 1 aliphatic rings. The van der Waals surface area contributed by atoms with Gasteiger partial charge in [-0.2, -0.15) is 0 Å². The monoisotopic (exact) mass is 271 g/mol. The van der Waals surface area contributed by atoms with E-state index < -0.39 is 0 Å². The van der Waals surface area contributed by atoms with Crippen LogP contribution in [-0.4, -0.2) is 21.7 Å². The zero-order valence-corrected chi connectivity index (χ0v) is 11.9. The molecule has 1 N–H and O–H groups in total. The molecule has 2 aromatic rings. The molecule has 1 aromatic carbocycles. The van der Waals surface area contributed by atoms with Crippen LogP contribution in [0.2, 0.25) is 0 Å². The Morgan fingerprint density at radius 2 is 2.00 bits per heavy atom. The molecule has 1 saturated heterocycles. The van der Waals surface area contributed by atoms with Crippen molar-refractivity contribution in [3.63, 3.8) is 0 Å². The van der Waals surface area contributed by atoms with E-state index in [2.05, 4.69) is 17.4 Å². The minimum atomic E-state index is -0.00769. The van der Waals surface area contributed by atoms with E-state index in [9.17, 15) is 4.79 Å². The molecule has 2 heterocycles. The number of nitrogens with one attached hydrogen (secondary N) is 1.